The molecule has 0 bridgehead atoms. The number of aromatic nitrogens is 3. The maximum absolute atomic E-state index is 12.4. The molecule has 2 aliphatic rings. The fraction of sp³-hybridized carbons (Fsp3) is 0.333. The van der Waals surface area contributed by atoms with Crippen molar-refractivity contribution in [1.82, 2.24) is 20.3 Å². The smallest absolute Gasteiger partial charge is 0.253 e. The number of H-pyrrole nitrogens is 1. The van der Waals surface area contributed by atoms with Crippen molar-refractivity contribution in [2.75, 3.05) is 12.4 Å². The summed E-state index contributed by atoms with van der Waals surface area (Å²) < 4.78 is 5.94. The van der Waals surface area contributed by atoms with Gasteiger partial charge in [0.25, 0.3) is 5.91 Å². The minimum absolute atomic E-state index is 0.0400. The summed E-state index contributed by atoms with van der Waals surface area (Å²) in [5, 5.41) is 6.21. The van der Waals surface area contributed by atoms with Gasteiger partial charge in [-0.3, -0.25) is 9.59 Å². The number of aromatic amines is 1. The third-order valence-electron chi connectivity index (χ3n) is 5.19. The lowest BCUT2D eigenvalue weighted by atomic mass is 10.1. The van der Waals surface area contributed by atoms with Crippen molar-refractivity contribution in [3.05, 3.63) is 36.2 Å². The first kappa shape index (κ1) is 17.7. The Morgan fingerprint density at radius 3 is 2.76 bits per heavy atom. The quantitative estimate of drug-likeness (QED) is 0.599. The monoisotopic (exact) mass is 391 g/mol. The molecule has 8 heteroatoms. The molecule has 0 unspecified atom stereocenters. The van der Waals surface area contributed by atoms with Crippen LogP contribution >= 0.6 is 0 Å². The zero-order valence-electron chi connectivity index (χ0n) is 16.0. The third-order valence-corrected chi connectivity index (χ3v) is 5.19. The normalized spacial score (nSPS) is 15.9. The van der Waals surface area contributed by atoms with Crippen molar-refractivity contribution in [2.45, 2.75) is 31.8 Å². The third kappa shape index (κ3) is 3.41. The molecule has 2 aliphatic carbocycles. The zero-order valence-corrected chi connectivity index (χ0v) is 16.0. The Morgan fingerprint density at radius 2 is 2.03 bits per heavy atom. The van der Waals surface area contributed by atoms with E-state index in [4.69, 9.17) is 4.74 Å². The van der Waals surface area contributed by atoms with Crippen LogP contribution < -0.4 is 15.4 Å². The Morgan fingerprint density at radius 1 is 1.21 bits per heavy atom. The lowest BCUT2D eigenvalue weighted by Crippen LogP contribution is -2.19. The second-order valence-corrected chi connectivity index (χ2v) is 7.51. The van der Waals surface area contributed by atoms with Gasteiger partial charge in [0.05, 0.1) is 22.3 Å². The minimum Gasteiger partial charge on any atom is -0.474 e. The van der Waals surface area contributed by atoms with Gasteiger partial charge in [0, 0.05) is 30.7 Å². The molecule has 0 atom stereocenters. The molecule has 3 aromatic heterocycles. The van der Waals surface area contributed by atoms with Crippen LogP contribution in [0, 0.1) is 5.92 Å². The molecule has 3 heterocycles. The van der Waals surface area contributed by atoms with Crippen molar-refractivity contribution >= 4 is 28.5 Å². The maximum Gasteiger partial charge on any atom is 0.253 e. The Kier molecular flexibility index (Phi) is 4.19. The van der Waals surface area contributed by atoms with E-state index >= 15 is 0 Å². The number of carbonyl (C=O) groups excluding carboxylic acids is 2. The van der Waals surface area contributed by atoms with Crippen molar-refractivity contribution in [3.63, 3.8) is 0 Å². The van der Waals surface area contributed by atoms with Gasteiger partial charge >= 0.3 is 0 Å². The minimum atomic E-state index is -0.242. The van der Waals surface area contributed by atoms with Crippen LogP contribution in [0.5, 0.6) is 5.88 Å². The second-order valence-electron chi connectivity index (χ2n) is 7.51. The topological polar surface area (TPSA) is 109 Å². The fourth-order valence-electron chi connectivity index (χ4n) is 3.27. The van der Waals surface area contributed by atoms with Crippen LogP contribution in [-0.2, 0) is 4.79 Å². The van der Waals surface area contributed by atoms with Gasteiger partial charge in [-0.15, -0.1) is 0 Å². The molecule has 2 fully saturated rings. The Hall–Kier alpha value is -3.42. The van der Waals surface area contributed by atoms with Crippen molar-refractivity contribution < 1.29 is 14.3 Å². The Balaban J connectivity index is 1.61. The highest BCUT2D eigenvalue weighted by Gasteiger charge is 2.31. The molecule has 0 aliphatic heterocycles. The summed E-state index contributed by atoms with van der Waals surface area (Å²) in [4.78, 5) is 36.7. The van der Waals surface area contributed by atoms with Crippen molar-refractivity contribution in [1.29, 1.82) is 0 Å². The number of pyridine rings is 2. The molecule has 148 valence electrons. The van der Waals surface area contributed by atoms with Gasteiger partial charge in [0.15, 0.2) is 5.82 Å². The van der Waals surface area contributed by atoms with Crippen LogP contribution in [0.1, 0.15) is 36.0 Å². The number of fused-ring (bicyclic) bond motifs is 1. The second kappa shape index (κ2) is 6.88. The van der Waals surface area contributed by atoms with E-state index in [1.54, 1.807) is 13.2 Å². The molecule has 2 amide bonds. The van der Waals surface area contributed by atoms with E-state index in [2.05, 4.69) is 25.6 Å². The lowest BCUT2D eigenvalue weighted by Gasteiger charge is -2.08. The van der Waals surface area contributed by atoms with Gasteiger partial charge in [-0.25, -0.2) is 9.97 Å². The van der Waals surface area contributed by atoms with Crippen LogP contribution in [0.15, 0.2) is 30.6 Å². The predicted molar refractivity (Wildman–Crippen MR) is 108 cm³/mol. The average molecular weight is 391 g/mol. The van der Waals surface area contributed by atoms with Crippen LogP contribution in [0.25, 0.3) is 22.2 Å². The van der Waals surface area contributed by atoms with Crippen LogP contribution in [0.4, 0.5) is 5.82 Å². The number of amides is 2. The van der Waals surface area contributed by atoms with Crippen LogP contribution in [-0.4, -0.2) is 39.9 Å². The van der Waals surface area contributed by atoms with Gasteiger partial charge in [0.2, 0.25) is 11.8 Å². The van der Waals surface area contributed by atoms with E-state index in [0.717, 1.165) is 36.9 Å². The molecular weight excluding hydrogens is 370 g/mol. The number of rotatable bonds is 6. The van der Waals surface area contributed by atoms with Crippen LogP contribution in [0.3, 0.4) is 0 Å². The molecule has 2 saturated carbocycles. The van der Waals surface area contributed by atoms with Crippen molar-refractivity contribution in [2.24, 2.45) is 5.92 Å². The van der Waals surface area contributed by atoms with Gasteiger partial charge in [-0.2, -0.15) is 0 Å². The summed E-state index contributed by atoms with van der Waals surface area (Å²) in [5.74, 6) is 0.747. The summed E-state index contributed by atoms with van der Waals surface area (Å²) in [7, 11) is 1.58. The van der Waals surface area contributed by atoms with E-state index in [-0.39, 0.29) is 23.8 Å². The molecule has 29 heavy (non-hydrogen) atoms. The van der Waals surface area contributed by atoms with Crippen molar-refractivity contribution in [3.8, 4) is 17.1 Å². The maximum atomic E-state index is 12.4. The van der Waals surface area contributed by atoms with E-state index in [1.807, 2.05) is 18.2 Å². The highest BCUT2D eigenvalue weighted by Crippen LogP contribution is 2.37. The van der Waals surface area contributed by atoms with Gasteiger partial charge in [-0.05, 0) is 43.9 Å². The number of anilines is 1. The lowest BCUT2D eigenvalue weighted by molar-refractivity contribution is -0.117. The highest BCUT2D eigenvalue weighted by molar-refractivity contribution is 6.11. The molecule has 0 aromatic carbocycles. The first-order valence-electron chi connectivity index (χ1n) is 9.80. The Bertz CT molecular complexity index is 1110. The number of hydrogen-bond donors (Lipinski definition) is 3. The predicted octanol–water partition coefficient (Wildman–Crippen LogP) is 2.87. The first-order valence-corrected chi connectivity index (χ1v) is 9.80. The Labute approximate surface area is 167 Å². The molecule has 5 rings (SSSR count). The number of hydrogen-bond acceptors (Lipinski definition) is 5. The molecule has 8 nitrogen and oxygen atoms in total. The summed E-state index contributed by atoms with van der Waals surface area (Å²) in [5.41, 5.74) is 2.60. The van der Waals surface area contributed by atoms with Crippen LogP contribution in [0.2, 0.25) is 0 Å². The van der Waals surface area contributed by atoms with Gasteiger partial charge < -0.3 is 20.4 Å². The average Bonchev–Trinajstić information content (AvgIpc) is 3.66. The van der Waals surface area contributed by atoms with E-state index in [9.17, 15) is 9.59 Å². The van der Waals surface area contributed by atoms with Gasteiger partial charge in [-0.1, -0.05) is 0 Å². The molecule has 0 saturated heterocycles. The van der Waals surface area contributed by atoms with E-state index < -0.39 is 0 Å². The van der Waals surface area contributed by atoms with Gasteiger partial charge in [0.1, 0.15) is 6.10 Å². The number of nitrogens with one attached hydrogen (secondary N) is 3. The fourth-order valence-corrected chi connectivity index (χ4v) is 3.27. The molecular formula is C21H21N5O3. The van der Waals surface area contributed by atoms with E-state index in [0.29, 0.717) is 28.2 Å². The molecule has 0 spiro atoms. The number of carbonyl (C=O) groups is 2. The summed E-state index contributed by atoms with van der Waals surface area (Å²) in [6.07, 6.45) is 7.27. The molecule has 3 aromatic rings. The first-order chi connectivity index (χ1) is 14.1. The summed E-state index contributed by atoms with van der Waals surface area (Å²) in [6, 6.07) is 5.64. The number of nitrogens with zero attached hydrogens (tertiary/aromatic N) is 2. The van der Waals surface area contributed by atoms with E-state index in [1.165, 1.54) is 6.20 Å². The summed E-state index contributed by atoms with van der Waals surface area (Å²) >= 11 is 0. The zero-order chi connectivity index (χ0) is 20.0. The molecule has 0 radical (unpaired) electrons. The SMILES string of the molecule is CNC(=O)c1cnc(NC(=O)C2CC2)c2[nH]c(-c3cccnc3OC3CC3)cc12. The standard InChI is InChI=1S/C21H21N5O3/c1-22-20(28)15-10-24-18(26-19(27)11-4-5-11)17-14(15)9-16(25-17)13-3-2-8-23-21(13)29-12-6-7-12/h2-3,8-12,25H,4-7H2,1H3,(H,22,28)(H,24,26,27). The molecule has 3 N–H and O–H groups in total. The number of ether oxygens (including phenoxy) is 1. The summed E-state index contributed by atoms with van der Waals surface area (Å²) in [6.45, 7) is 0. The largest absolute Gasteiger partial charge is 0.474 e. The highest BCUT2D eigenvalue weighted by atomic mass is 16.5.